The number of nitrogens with zero attached hydrogens (tertiary/aromatic N) is 3. The highest BCUT2D eigenvalue weighted by Gasteiger charge is 2.40. The maximum Gasteiger partial charge on any atom is 0.308 e. The fourth-order valence-electron chi connectivity index (χ4n) is 1.86. The minimum atomic E-state index is -0.837. The number of methoxy groups -OCH3 is 1. The van der Waals surface area contributed by atoms with Gasteiger partial charge in [0, 0.05) is 6.42 Å². The van der Waals surface area contributed by atoms with Crippen molar-refractivity contribution < 1.29 is 24.4 Å². The Morgan fingerprint density at radius 1 is 1.45 bits per heavy atom. The molecule has 1 rings (SSSR count). The summed E-state index contributed by atoms with van der Waals surface area (Å²) >= 11 is 0. The Morgan fingerprint density at radius 2 is 2.05 bits per heavy atom. The van der Waals surface area contributed by atoms with E-state index in [0.29, 0.717) is 4.97 Å². The predicted molar refractivity (Wildman–Crippen MR) is 69.2 cm³/mol. The van der Waals surface area contributed by atoms with Crippen LogP contribution >= 0.6 is 0 Å². The van der Waals surface area contributed by atoms with Crippen LogP contribution in [0.25, 0.3) is 0 Å². The van der Waals surface area contributed by atoms with E-state index in [-0.39, 0.29) is 18.8 Å². The molecule has 0 bridgehead atoms. The largest absolute Gasteiger partial charge is 0.569 e. The first kappa shape index (κ1) is 16.5. The smallest absolute Gasteiger partial charge is 0.308 e. The molecule has 0 aliphatic heterocycles. The van der Waals surface area contributed by atoms with Crippen molar-refractivity contribution in [1.82, 2.24) is 5.01 Å². The van der Waals surface area contributed by atoms with Crippen LogP contribution in [0.1, 0.15) is 33.6 Å². The summed E-state index contributed by atoms with van der Waals surface area (Å²) < 4.78 is 4.62. The Labute approximate surface area is 118 Å². The lowest BCUT2D eigenvalue weighted by Gasteiger charge is -2.26. The molecule has 0 aromatic heterocycles. The third-order valence-corrected chi connectivity index (χ3v) is 3.49. The van der Waals surface area contributed by atoms with Crippen LogP contribution in [0.15, 0.2) is 5.28 Å². The maximum atomic E-state index is 11.7. The van der Waals surface area contributed by atoms with E-state index in [9.17, 15) is 15.1 Å². The van der Waals surface area contributed by atoms with E-state index in [4.69, 9.17) is 4.84 Å². The summed E-state index contributed by atoms with van der Waals surface area (Å²) in [5, 5.41) is 26.3. The number of hydrogen-bond donors (Lipinski definition) is 1. The van der Waals surface area contributed by atoms with Crippen molar-refractivity contribution in [1.29, 1.82) is 0 Å². The first-order valence-corrected chi connectivity index (χ1v) is 6.50. The van der Waals surface area contributed by atoms with Gasteiger partial charge < -0.3 is 19.9 Å². The van der Waals surface area contributed by atoms with Crippen LogP contribution in [-0.2, 0) is 14.4 Å². The standard InChI is InChI=1S/C12H23N3O5/c1-12(2,3)14(4)15(18)13-20-10-7-8(6-9(10)16)11(17)19-5/h8-10,16H,6-7H2,1-5H3/b15-13-. The lowest BCUT2D eigenvalue weighted by molar-refractivity contribution is -0.720. The summed E-state index contributed by atoms with van der Waals surface area (Å²) in [4.78, 5) is 16.8. The molecule has 3 atom stereocenters. The second-order valence-electron chi connectivity index (χ2n) is 5.93. The molecule has 0 saturated heterocycles. The van der Waals surface area contributed by atoms with Gasteiger partial charge >= 0.3 is 5.97 Å². The van der Waals surface area contributed by atoms with Crippen molar-refractivity contribution >= 4 is 5.97 Å². The number of rotatable bonds is 4. The highest BCUT2D eigenvalue weighted by molar-refractivity contribution is 5.72. The molecule has 1 fully saturated rings. The second-order valence-corrected chi connectivity index (χ2v) is 5.93. The number of hydrogen-bond acceptors (Lipinski definition) is 6. The topological polar surface area (TPSA) is 97.4 Å². The molecule has 1 aliphatic rings. The molecule has 1 saturated carbocycles. The lowest BCUT2D eigenvalue weighted by atomic mass is 10.1. The molecular formula is C12H23N3O5. The van der Waals surface area contributed by atoms with E-state index >= 15 is 0 Å². The Hall–Kier alpha value is -1.57. The van der Waals surface area contributed by atoms with Gasteiger partial charge in [-0.2, -0.15) is 0 Å². The van der Waals surface area contributed by atoms with Crippen molar-refractivity contribution in [3.8, 4) is 0 Å². The third kappa shape index (κ3) is 3.96. The lowest BCUT2D eigenvalue weighted by Crippen LogP contribution is -2.42. The van der Waals surface area contributed by atoms with Gasteiger partial charge in [-0.1, -0.05) is 0 Å². The summed E-state index contributed by atoms with van der Waals surface area (Å²) in [7, 11) is 2.88. The highest BCUT2D eigenvalue weighted by atomic mass is 16.7. The van der Waals surface area contributed by atoms with Gasteiger partial charge in [-0.05, 0) is 27.2 Å². The number of esters is 1. The number of hydrazine groups is 1. The minimum absolute atomic E-state index is 0.251. The molecule has 0 amide bonds. The zero-order valence-corrected chi connectivity index (χ0v) is 12.6. The van der Waals surface area contributed by atoms with Crippen molar-refractivity contribution in [3.63, 3.8) is 0 Å². The normalized spacial score (nSPS) is 27.3. The molecule has 3 unspecified atom stereocenters. The fraction of sp³-hybridized carbons (Fsp3) is 0.917. The van der Waals surface area contributed by atoms with Crippen molar-refractivity contribution in [2.75, 3.05) is 14.2 Å². The van der Waals surface area contributed by atoms with Crippen LogP contribution in [0.4, 0.5) is 0 Å². The second kappa shape index (κ2) is 6.25. The molecule has 8 heteroatoms. The van der Waals surface area contributed by atoms with Crippen molar-refractivity contribution in [2.45, 2.75) is 51.4 Å². The zero-order chi connectivity index (χ0) is 15.5. The highest BCUT2D eigenvalue weighted by Crippen LogP contribution is 2.29. The van der Waals surface area contributed by atoms with E-state index in [1.165, 1.54) is 12.1 Å². The molecule has 8 nitrogen and oxygen atoms in total. The van der Waals surface area contributed by atoms with E-state index in [1.807, 2.05) is 20.8 Å². The Morgan fingerprint density at radius 3 is 2.55 bits per heavy atom. The van der Waals surface area contributed by atoms with Crippen LogP contribution in [0.3, 0.4) is 0 Å². The average Bonchev–Trinajstić information content (AvgIpc) is 2.74. The quantitative estimate of drug-likeness (QED) is 0.356. The zero-order valence-electron chi connectivity index (χ0n) is 12.6. The Kier molecular flexibility index (Phi) is 5.15. The molecular weight excluding hydrogens is 266 g/mol. The molecule has 0 aromatic rings. The van der Waals surface area contributed by atoms with Gasteiger partial charge in [-0.3, -0.25) is 4.79 Å². The van der Waals surface area contributed by atoms with Gasteiger partial charge in [-0.25, -0.2) is 0 Å². The first-order valence-electron chi connectivity index (χ1n) is 6.50. The molecule has 1 N–H and O–H groups in total. The molecule has 1 aliphatic carbocycles. The van der Waals surface area contributed by atoms with E-state index in [1.54, 1.807) is 7.05 Å². The van der Waals surface area contributed by atoms with Crippen molar-refractivity contribution in [3.05, 3.63) is 5.21 Å². The monoisotopic (exact) mass is 289 g/mol. The summed E-state index contributed by atoms with van der Waals surface area (Å²) in [6.07, 6.45) is -0.981. The fourth-order valence-corrected chi connectivity index (χ4v) is 1.86. The van der Waals surface area contributed by atoms with E-state index < -0.39 is 23.7 Å². The number of aliphatic hydroxyl groups excluding tert-OH is 1. The molecule has 0 aromatic carbocycles. The summed E-state index contributed by atoms with van der Waals surface area (Å²) in [6.45, 7) is 5.56. The molecule has 0 spiro atoms. The Balaban J connectivity index is 2.59. The molecule has 20 heavy (non-hydrogen) atoms. The summed E-state index contributed by atoms with van der Waals surface area (Å²) in [6, 6.07) is 0. The average molecular weight is 289 g/mol. The number of aliphatic hydroxyl groups is 1. The van der Waals surface area contributed by atoms with Gasteiger partial charge in [-0.15, -0.1) is 5.01 Å². The summed E-state index contributed by atoms with van der Waals surface area (Å²) in [5.74, 6) is -0.809. The van der Waals surface area contributed by atoms with Gasteiger partial charge in [0.1, 0.15) is 0 Å². The van der Waals surface area contributed by atoms with Gasteiger partial charge in [0.05, 0.1) is 36.7 Å². The SMILES string of the molecule is COC(=O)C1CC(O)C(O/N=[N+](\[O-])N(C)C(C)(C)C)C1. The molecule has 0 heterocycles. The van der Waals surface area contributed by atoms with Gasteiger partial charge in [0.15, 0.2) is 6.10 Å². The minimum Gasteiger partial charge on any atom is -0.569 e. The van der Waals surface area contributed by atoms with Crippen LogP contribution in [0.5, 0.6) is 0 Å². The van der Waals surface area contributed by atoms with Gasteiger partial charge in [0.25, 0.3) is 0 Å². The molecule has 0 radical (unpaired) electrons. The Bertz CT molecular complexity index is 380. The van der Waals surface area contributed by atoms with Crippen molar-refractivity contribution in [2.24, 2.45) is 11.2 Å². The maximum absolute atomic E-state index is 11.7. The van der Waals surface area contributed by atoms with E-state index in [2.05, 4.69) is 10.0 Å². The summed E-state index contributed by atoms with van der Waals surface area (Å²) in [5.41, 5.74) is -0.405. The van der Waals surface area contributed by atoms with Crippen LogP contribution in [0.2, 0.25) is 0 Å². The number of ether oxygens (including phenoxy) is 1. The number of carbonyl (C=O) groups is 1. The van der Waals surface area contributed by atoms with Crippen LogP contribution < -0.4 is 0 Å². The van der Waals surface area contributed by atoms with Crippen LogP contribution in [0, 0.1) is 11.1 Å². The number of carbonyl (C=O) groups excluding carboxylic acids is 1. The van der Waals surface area contributed by atoms with Gasteiger partial charge in [0.2, 0.25) is 5.28 Å². The molecule has 116 valence electrons. The predicted octanol–water partition coefficient (Wildman–Crippen LogP) is 0.838. The van der Waals surface area contributed by atoms with Crippen LogP contribution in [-0.4, -0.2) is 53.0 Å². The van der Waals surface area contributed by atoms with E-state index in [0.717, 1.165) is 0 Å². The third-order valence-electron chi connectivity index (χ3n) is 3.49. The first-order chi connectivity index (χ1) is 9.16.